The van der Waals surface area contributed by atoms with Crippen molar-refractivity contribution in [2.75, 3.05) is 27.4 Å². The van der Waals surface area contributed by atoms with E-state index in [0.717, 1.165) is 0 Å². The van der Waals surface area contributed by atoms with Crippen molar-refractivity contribution in [1.82, 2.24) is 5.32 Å². The summed E-state index contributed by atoms with van der Waals surface area (Å²) in [7, 11) is 2.78. The predicted molar refractivity (Wildman–Crippen MR) is 106 cm³/mol. The molecule has 0 unspecified atom stereocenters. The number of rotatable bonds is 6. The van der Waals surface area contributed by atoms with Crippen LogP contribution >= 0.6 is 0 Å². The summed E-state index contributed by atoms with van der Waals surface area (Å²) >= 11 is 0. The zero-order chi connectivity index (χ0) is 22.0. The Morgan fingerprint density at radius 2 is 1.93 bits per heavy atom. The average molecular weight is 417 g/mol. The van der Waals surface area contributed by atoms with Crippen LogP contribution in [0.1, 0.15) is 37.7 Å². The maximum Gasteiger partial charge on any atom is 0.336 e. The van der Waals surface area contributed by atoms with Crippen LogP contribution in [0.5, 0.6) is 0 Å². The van der Waals surface area contributed by atoms with Gasteiger partial charge in [-0.3, -0.25) is 9.59 Å². The zero-order valence-electron chi connectivity index (χ0n) is 17.9. The van der Waals surface area contributed by atoms with Crippen LogP contribution in [0.4, 0.5) is 0 Å². The highest BCUT2D eigenvalue weighted by Crippen LogP contribution is 2.45. The molecule has 3 rings (SSSR count). The van der Waals surface area contributed by atoms with Crippen LogP contribution in [0, 0.1) is 18.8 Å². The van der Waals surface area contributed by atoms with Gasteiger partial charge in [0.1, 0.15) is 24.0 Å². The molecular weight excluding hydrogens is 390 g/mol. The number of aryl methyl sites for hydroxylation is 1. The highest BCUT2D eigenvalue weighted by molar-refractivity contribution is 6.12. The van der Waals surface area contributed by atoms with Gasteiger partial charge in [0.15, 0.2) is 5.78 Å². The molecule has 3 atom stereocenters. The molecule has 0 spiro atoms. The molecule has 0 radical (unpaired) electrons. The number of furan rings is 1. The standard InChI is InChI=1S/C22H27NO7/c1-11-10-14-18(20(24)16(11)21(25)28-5)19(15-7-6-12(2)30-15)17(13(3)23-14)22(26)29-9-8-27-4/h6-7,11,16,19,23H,8-10H2,1-5H3/t11-,16+,19+/m1/s1. The Morgan fingerprint density at radius 3 is 2.53 bits per heavy atom. The van der Waals surface area contributed by atoms with E-state index in [1.54, 1.807) is 26.0 Å². The van der Waals surface area contributed by atoms with Gasteiger partial charge in [0.2, 0.25) is 0 Å². The summed E-state index contributed by atoms with van der Waals surface area (Å²) in [6.45, 7) is 5.73. The van der Waals surface area contributed by atoms with Gasteiger partial charge < -0.3 is 23.9 Å². The lowest BCUT2D eigenvalue weighted by molar-refractivity contribution is -0.151. The van der Waals surface area contributed by atoms with E-state index in [4.69, 9.17) is 18.6 Å². The topological polar surface area (TPSA) is 104 Å². The smallest absolute Gasteiger partial charge is 0.336 e. The third-order valence-electron chi connectivity index (χ3n) is 5.53. The maximum atomic E-state index is 13.5. The molecule has 0 fully saturated rings. The van der Waals surface area contributed by atoms with Crippen LogP contribution in [-0.2, 0) is 28.6 Å². The molecule has 0 amide bonds. The second kappa shape index (κ2) is 8.87. The number of dihydropyridines is 1. The van der Waals surface area contributed by atoms with Crippen molar-refractivity contribution < 1.29 is 33.0 Å². The van der Waals surface area contributed by atoms with Gasteiger partial charge in [0.05, 0.1) is 25.2 Å². The zero-order valence-corrected chi connectivity index (χ0v) is 17.9. The van der Waals surface area contributed by atoms with Crippen LogP contribution in [-0.4, -0.2) is 45.2 Å². The summed E-state index contributed by atoms with van der Waals surface area (Å²) < 4.78 is 21.0. The molecule has 1 aliphatic carbocycles. The molecule has 0 aromatic carbocycles. The molecule has 2 heterocycles. The Bertz CT molecular complexity index is 924. The van der Waals surface area contributed by atoms with Gasteiger partial charge in [-0.15, -0.1) is 0 Å². The normalized spacial score (nSPS) is 23.8. The van der Waals surface area contributed by atoms with Crippen molar-refractivity contribution >= 4 is 17.7 Å². The Balaban J connectivity index is 2.08. The number of allylic oxidation sites excluding steroid dienone is 3. The molecule has 1 aromatic rings. The van der Waals surface area contributed by atoms with Gasteiger partial charge in [0, 0.05) is 24.1 Å². The fourth-order valence-electron chi connectivity index (χ4n) is 4.14. The number of carbonyl (C=O) groups is 3. The largest absolute Gasteiger partial charge is 0.468 e. The van der Waals surface area contributed by atoms with E-state index in [-0.39, 0.29) is 30.5 Å². The number of esters is 2. The van der Waals surface area contributed by atoms with Crippen molar-refractivity contribution in [3.05, 3.63) is 46.2 Å². The van der Waals surface area contributed by atoms with E-state index < -0.39 is 23.8 Å². The fraction of sp³-hybridized carbons (Fsp3) is 0.500. The lowest BCUT2D eigenvalue weighted by Crippen LogP contribution is -2.43. The highest BCUT2D eigenvalue weighted by atomic mass is 16.6. The van der Waals surface area contributed by atoms with Crippen LogP contribution in [0.25, 0.3) is 0 Å². The number of hydrogen-bond donors (Lipinski definition) is 1. The lowest BCUT2D eigenvalue weighted by Gasteiger charge is -2.37. The van der Waals surface area contributed by atoms with E-state index in [1.807, 2.05) is 6.92 Å². The molecule has 0 bridgehead atoms. The first-order valence-electron chi connectivity index (χ1n) is 9.85. The number of carbonyl (C=O) groups excluding carboxylic acids is 3. The molecule has 162 valence electrons. The van der Waals surface area contributed by atoms with E-state index in [2.05, 4.69) is 5.32 Å². The van der Waals surface area contributed by atoms with Gasteiger partial charge in [0.25, 0.3) is 0 Å². The third kappa shape index (κ3) is 3.92. The number of Topliss-reactive ketones (excluding diaryl/α,β-unsaturated/α-hetero) is 1. The molecular formula is C22H27NO7. The monoisotopic (exact) mass is 417 g/mol. The molecule has 0 saturated carbocycles. The van der Waals surface area contributed by atoms with Crippen molar-refractivity contribution in [2.45, 2.75) is 33.1 Å². The van der Waals surface area contributed by atoms with E-state index in [1.165, 1.54) is 14.2 Å². The molecule has 8 nitrogen and oxygen atoms in total. The second-order valence-electron chi connectivity index (χ2n) is 7.61. The Hall–Kier alpha value is -2.87. The summed E-state index contributed by atoms with van der Waals surface area (Å²) in [5.41, 5.74) is 1.91. The first-order valence-corrected chi connectivity index (χ1v) is 9.85. The SMILES string of the molecule is COCCOC(=O)C1=C(C)NC2=C(C(=O)[C@@H](C(=O)OC)[C@H](C)C2)[C@H]1c1ccc(C)o1. The number of methoxy groups -OCH3 is 2. The van der Waals surface area contributed by atoms with Crippen LogP contribution in [0.2, 0.25) is 0 Å². The average Bonchev–Trinajstić information content (AvgIpc) is 3.12. The molecule has 2 aliphatic rings. The van der Waals surface area contributed by atoms with E-state index >= 15 is 0 Å². The van der Waals surface area contributed by atoms with E-state index in [0.29, 0.717) is 34.9 Å². The summed E-state index contributed by atoms with van der Waals surface area (Å²) in [5.74, 6) is -2.35. The lowest BCUT2D eigenvalue weighted by atomic mass is 9.70. The highest BCUT2D eigenvalue weighted by Gasteiger charge is 2.48. The first kappa shape index (κ1) is 21.8. The van der Waals surface area contributed by atoms with Crippen molar-refractivity contribution in [3.8, 4) is 0 Å². The fourth-order valence-corrected chi connectivity index (χ4v) is 4.14. The quantitative estimate of drug-likeness (QED) is 0.427. The molecule has 1 N–H and O–H groups in total. The Labute approximate surface area is 175 Å². The Morgan fingerprint density at radius 1 is 1.20 bits per heavy atom. The van der Waals surface area contributed by atoms with Crippen molar-refractivity contribution in [3.63, 3.8) is 0 Å². The maximum absolute atomic E-state index is 13.5. The number of ether oxygens (including phenoxy) is 3. The summed E-state index contributed by atoms with van der Waals surface area (Å²) in [5, 5.41) is 3.20. The van der Waals surface area contributed by atoms with Crippen molar-refractivity contribution in [1.29, 1.82) is 0 Å². The van der Waals surface area contributed by atoms with Gasteiger partial charge in [-0.05, 0) is 38.3 Å². The predicted octanol–water partition coefficient (Wildman–Crippen LogP) is 2.39. The minimum absolute atomic E-state index is 0.0810. The summed E-state index contributed by atoms with van der Waals surface area (Å²) in [6.07, 6.45) is 0.473. The first-order chi connectivity index (χ1) is 14.3. The summed E-state index contributed by atoms with van der Waals surface area (Å²) in [4.78, 5) is 38.7. The molecule has 8 heteroatoms. The van der Waals surface area contributed by atoms with Crippen LogP contribution in [0.3, 0.4) is 0 Å². The van der Waals surface area contributed by atoms with Gasteiger partial charge >= 0.3 is 11.9 Å². The minimum atomic E-state index is -0.932. The number of ketones is 1. The van der Waals surface area contributed by atoms with Crippen LogP contribution in [0.15, 0.2) is 39.1 Å². The Kier molecular flexibility index (Phi) is 6.45. The molecule has 0 saturated heterocycles. The van der Waals surface area contributed by atoms with Gasteiger partial charge in [-0.2, -0.15) is 0 Å². The van der Waals surface area contributed by atoms with Gasteiger partial charge in [-0.1, -0.05) is 6.92 Å². The minimum Gasteiger partial charge on any atom is -0.468 e. The number of nitrogens with one attached hydrogen (secondary N) is 1. The third-order valence-corrected chi connectivity index (χ3v) is 5.53. The molecule has 1 aliphatic heterocycles. The number of hydrogen-bond acceptors (Lipinski definition) is 8. The van der Waals surface area contributed by atoms with Crippen molar-refractivity contribution in [2.24, 2.45) is 11.8 Å². The second-order valence-corrected chi connectivity index (χ2v) is 7.61. The van der Waals surface area contributed by atoms with Gasteiger partial charge in [-0.25, -0.2) is 4.79 Å². The van der Waals surface area contributed by atoms with E-state index in [9.17, 15) is 14.4 Å². The molecule has 1 aromatic heterocycles. The summed E-state index contributed by atoms with van der Waals surface area (Å²) in [6, 6.07) is 3.51. The van der Waals surface area contributed by atoms with Crippen LogP contribution < -0.4 is 5.32 Å². The molecule has 30 heavy (non-hydrogen) atoms.